The lowest BCUT2D eigenvalue weighted by Gasteiger charge is -2.04. The van der Waals surface area contributed by atoms with Gasteiger partial charge in [0.05, 0.1) is 0 Å². The molecule has 0 aliphatic heterocycles. The Morgan fingerprint density at radius 3 is 2.70 bits per heavy atom. The van der Waals surface area contributed by atoms with E-state index in [4.69, 9.17) is 5.11 Å². The van der Waals surface area contributed by atoms with Gasteiger partial charge in [0.1, 0.15) is 5.78 Å². The van der Waals surface area contributed by atoms with Crippen LogP contribution >= 0.6 is 15.9 Å². The summed E-state index contributed by atoms with van der Waals surface area (Å²) < 4.78 is 0. The van der Waals surface area contributed by atoms with Gasteiger partial charge in [0.15, 0.2) is 0 Å². The first kappa shape index (κ1) is 10.1. The maximum absolute atomic E-state index is 10.5. The smallest absolute Gasteiger partial charge is 0.130 e. The molecule has 0 aliphatic rings. The van der Waals surface area contributed by atoms with Crippen LogP contribution in [0.1, 0.15) is 26.2 Å². The Hall–Kier alpha value is 0.110. The summed E-state index contributed by atoms with van der Waals surface area (Å²) in [5.41, 5.74) is 0. The van der Waals surface area contributed by atoms with Gasteiger partial charge in [-0.2, -0.15) is 0 Å². The van der Waals surface area contributed by atoms with E-state index in [1.54, 1.807) is 6.92 Å². The predicted octanol–water partition coefficient (Wildman–Crippen LogP) is 1.50. The lowest BCUT2D eigenvalue weighted by molar-refractivity contribution is -0.116. The third kappa shape index (κ3) is 6.23. The molecule has 0 radical (unpaired) electrons. The molecule has 0 rings (SSSR count). The Morgan fingerprint density at radius 1 is 1.70 bits per heavy atom. The van der Waals surface area contributed by atoms with Crippen molar-refractivity contribution in [3.63, 3.8) is 0 Å². The highest BCUT2D eigenvalue weighted by atomic mass is 79.9. The van der Waals surface area contributed by atoms with Crippen LogP contribution in [0.5, 0.6) is 0 Å². The van der Waals surface area contributed by atoms with Gasteiger partial charge in [-0.15, -0.1) is 0 Å². The number of hydrogen-bond acceptors (Lipinski definition) is 2. The normalized spacial score (nSPS) is 13.1. The maximum Gasteiger partial charge on any atom is 0.130 e. The molecule has 60 valence electrons. The number of halogens is 1. The Bertz CT molecular complexity index is 104. The molecule has 0 bridgehead atoms. The van der Waals surface area contributed by atoms with E-state index >= 15 is 0 Å². The standard InChI is InChI=1S/C7H13BrO2/c1-6(10)5-7(8)3-2-4-9/h7,9H,2-5H2,1H3. The van der Waals surface area contributed by atoms with Crippen molar-refractivity contribution in [3.8, 4) is 0 Å². The highest BCUT2D eigenvalue weighted by Crippen LogP contribution is 2.11. The second-order valence-electron chi connectivity index (χ2n) is 2.37. The van der Waals surface area contributed by atoms with Crippen LogP contribution in [0.4, 0.5) is 0 Å². The minimum atomic E-state index is 0.194. The monoisotopic (exact) mass is 208 g/mol. The Balaban J connectivity index is 3.25. The molecule has 0 amide bonds. The number of hydrogen-bond donors (Lipinski definition) is 1. The van der Waals surface area contributed by atoms with Crippen molar-refractivity contribution in [1.82, 2.24) is 0 Å². The zero-order valence-corrected chi connectivity index (χ0v) is 7.73. The highest BCUT2D eigenvalue weighted by Gasteiger charge is 2.05. The maximum atomic E-state index is 10.5. The molecule has 0 aromatic heterocycles. The van der Waals surface area contributed by atoms with Crippen LogP contribution in [-0.2, 0) is 4.79 Å². The number of rotatable bonds is 5. The molecule has 0 saturated carbocycles. The Labute approximate surface area is 69.8 Å². The number of aliphatic hydroxyl groups excluding tert-OH is 1. The summed E-state index contributed by atoms with van der Waals surface area (Å²) in [6, 6.07) is 0. The first-order valence-corrected chi connectivity index (χ1v) is 4.32. The number of carbonyl (C=O) groups excluding carboxylic acids is 1. The second-order valence-corrected chi connectivity index (χ2v) is 3.66. The zero-order valence-electron chi connectivity index (χ0n) is 6.14. The molecule has 0 fully saturated rings. The van der Waals surface area contributed by atoms with Crippen LogP contribution in [0.25, 0.3) is 0 Å². The molecule has 1 N–H and O–H groups in total. The molecular weight excluding hydrogens is 196 g/mol. The van der Waals surface area contributed by atoms with Gasteiger partial charge in [-0.1, -0.05) is 15.9 Å². The van der Waals surface area contributed by atoms with E-state index in [0.717, 1.165) is 12.8 Å². The first-order valence-electron chi connectivity index (χ1n) is 3.41. The van der Waals surface area contributed by atoms with Gasteiger partial charge in [-0.25, -0.2) is 0 Å². The van der Waals surface area contributed by atoms with Gasteiger partial charge in [0, 0.05) is 17.9 Å². The van der Waals surface area contributed by atoms with Crippen molar-refractivity contribution in [2.45, 2.75) is 31.0 Å². The molecule has 10 heavy (non-hydrogen) atoms. The van der Waals surface area contributed by atoms with Gasteiger partial charge in [0.25, 0.3) is 0 Å². The van der Waals surface area contributed by atoms with Gasteiger partial charge < -0.3 is 5.11 Å². The lowest BCUT2D eigenvalue weighted by atomic mass is 10.1. The van der Waals surface area contributed by atoms with Crippen molar-refractivity contribution in [2.24, 2.45) is 0 Å². The minimum Gasteiger partial charge on any atom is -0.396 e. The molecule has 0 aromatic rings. The number of alkyl halides is 1. The van der Waals surface area contributed by atoms with E-state index in [0.29, 0.717) is 6.42 Å². The van der Waals surface area contributed by atoms with Crippen molar-refractivity contribution < 1.29 is 9.90 Å². The molecule has 0 aliphatic carbocycles. The van der Waals surface area contributed by atoms with Crippen molar-refractivity contribution >= 4 is 21.7 Å². The zero-order chi connectivity index (χ0) is 7.98. The molecule has 0 heterocycles. The summed E-state index contributed by atoms with van der Waals surface area (Å²) >= 11 is 3.35. The number of Topliss-reactive ketones (excluding diaryl/α,β-unsaturated/α-hetero) is 1. The van der Waals surface area contributed by atoms with Gasteiger partial charge >= 0.3 is 0 Å². The predicted molar refractivity (Wildman–Crippen MR) is 44.3 cm³/mol. The Morgan fingerprint density at radius 2 is 2.30 bits per heavy atom. The molecule has 0 saturated heterocycles. The second kappa shape index (κ2) is 5.86. The topological polar surface area (TPSA) is 37.3 Å². The van der Waals surface area contributed by atoms with Gasteiger partial charge in [-0.3, -0.25) is 4.79 Å². The molecular formula is C7H13BrO2. The van der Waals surface area contributed by atoms with E-state index in [1.807, 2.05) is 0 Å². The Kier molecular flexibility index (Phi) is 5.93. The molecule has 1 unspecified atom stereocenters. The van der Waals surface area contributed by atoms with Crippen LogP contribution in [-0.4, -0.2) is 22.3 Å². The van der Waals surface area contributed by atoms with Crippen molar-refractivity contribution in [2.75, 3.05) is 6.61 Å². The average molecular weight is 209 g/mol. The lowest BCUT2D eigenvalue weighted by Crippen LogP contribution is -2.04. The van der Waals surface area contributed by atoms with E-state index in [1.165, 1.54) is 0 Å². The van der Waals surface area contributed by atoms with E-state index in [-0.39, 0.29) is 17.2 Å². The SMILES string of the molecule is CC(=O)CC(Br)CCCO. The number of aliphatic hydroxyl groups is 1. The largest absolute Gasteiger partial charge is 0.396 e. The summed E-state index contributed by atoms with van der Waals surface area (Å²) in [6.45, 7) is 1.78. The van der Waals surface area contributed by atoms with E-state index < -0.39 is 0 Å². The fourth-order valence-corrected chi connectivity index (χ4v) is 1.51. The van der Waals surface area contributed by atoms with E-state index in [2.05, 4.69) is 15.9 Å². The van der Waals surface area contributed by atoms with Crippen LogP contribution in [0.15, 0.2) is 0 Å². The van der Waals surface area contributed by atoms with Gasteiger partial charge in [-0.05, 0) is 19.8 Å². The third-order valence-electron chi connectivity index (χ3n) is 1.18. The minimum absolute atomic E-state index is 0.194. The quantitative estimate of drug-likeness (QED) is 0.696. The molecule has 2 nitrogen and oxygen atoms in total. The average Bonchev–Trinajstić information content (AvgIpc) is 1.82. The van der Waals surface area contributed by atoms with E-state index in [9.17, 15) is 4.79 Å². The summed E-state index contributed by atoms with van der Waals surface area (Å²) in [7, 11) is 0. The van der Waals surface area contributed by atoms with Crippen LogP contribution in [0.3, 0.4) is 0 Å². The molecule has 0 aromatic carbocycles. The van der Waals surface area contributed by atoms with Crippen LogP contribution in [0, 0.1) is 0 Å². The summed E-state index contributed by atoms with van der Waals surface area (Å²) in [5.74, 6) is 0.194. The summed E-state index contributed by atoms with van der Waals surface area (Å²) in [6.07, 6.45) is 2.21. The van der Waals surface area contributed by atoms with Gasteiger partial charge in [0.2, 0.25) is 0 Å². The summed E-state index contributed by atoms with van der Waals surface area (Å²) in [4.78, 5) is 10.8. The van der Waals surface area contributed by atoms with Crippen molar-refractivity contribution in [1.29, 1.82) is 0 Å². The highest BCUT2D eigenvalue weighted by molar-refractivity contribution is 9.09. The third-order valence-corrected chi connectivity index (χ3v) is 1.97. The van der Waals surface area contributed by atoms with Crippen molar-refractivity contribution in [3.05, 3.63) is 0 Å². The fourth-order valence-electron chi connectivity index (χ4n) is 0.727. The molecule has 3 heteroatoms. The first-order chi connectivity index (χ1) is 4.66. The number of carbonyl (C=O) groups is 1. The molecule has 0 spiro atoms. The van der Waals surface area contributed by atoms with Crippen LogP contribution < -0.4 is 0 Å². The summed E-state index contributed by atoms with van der Waals surface area (Å²) in [5, 5.41) is 8.44. The van der Waals surface area contributed by atoms with Crippen LogP contribution in [0.2, 0.25) is 0 Å². The molecule has 1 atom stereocenters. The fraction of sp³-hybridized carbons (Fsp3) is 0.857. The number of ketones is 1.